The SMILES string of the molecule is CC(=O)c1cn(CC(=O)N2C[C@H](F)C[C@H]2C(=O)Nc2ncc(Br)cn2)c2ccc(Nc3cncnc3)cc12. The molecule has 13 heteroatoms. The molecule has 194 valence electrons. The molecule has 0 saturated carbocycles. The van der Waals surface area contributed by atoms with Gasteiger partial charge in [-0.2, -0.15) is 0 Å². The molecule has 0 spiro atoms. The molecule has 38 heavy (non-hydrogen) atoms. The molecule has 0 bridgehead atoms. The molecular formula is C25H22BrFN8O3. The van der Waals surface area contributed by atoms with Gasteiger partial charge in [-0.15, -0.1) is 0 Å². The molecule has 0 radical (unpaired) electrons. The summed E-state index contributed by atoms with van der Waals surface area (Å²) in [7, 11) is 0. The molecule has 4 aromatic rings. The highest BCUT2D eigenvalue weighted by molar-refractivity contribution is 9.10. The normalized spacial score (nSPS) is 17.0. The molecule has 1 aliphatic heterocycles. The molecule has 2 N–H and O–H groups in total. The minimum atomic E-state index is -1.34. The van der Waals surface area contributed by atoms with Crippen LogP contribution in [0.1, 0.15) is 23.7 Å². The number of hydrogen-bond acceptors (Lipinski definition) is 8. The van der Waals surface area contributed by atoms with Crippen LogP contribution >= 0.6 is 15.9 Å². The van der Waals surface area contributed by atoms with Crippen molar-refractivity contribution in [2.24, 2.45) is 0 Å². The van der Waals surface area contributed by atoms with Crippen molar-refractivity contribution in [3.63, 3.8) is 0 Å². The average molecular weight is 581 g/mol. The third-order valence-electron chi connectivity index (χ3n) is 6.14. The number of carbonyl (C=O) groups is 3. The number of hydrogen-bond donors (Lipinski definition) is 2. The van der Waals surface area contributed by atoms with E-state index in [9.17, 15) is 18.8 Å². The standard InChI is InChI=1S/C25H22BrFN8O3/c1-14(36)20-11-34(21-3-2-17(5-19(20)21)32-18-8-28-13-29-9-18)12-23(37)35-10-16(27)4-22(35)24(38)33-25-30-6-15(26)7-31-25/h2-3,5-9,11,13,16,22,32H,4,10,12H2,1H3,(H,30,31,33,38)/t16-,22+/m1/s1. The first-order chi connectivity index (χ1) is 18.3. The van der Waals surface area contributed by atoms with Crippen LogP contribution in [0.15, 0.2) is 60.0 Å². The second kappa shape index (κ2) is 10.6. The van der Waals surface area contributed by atoms with Crippen molar-refractivity contribution in [1.29, 1.82) is 0 Å². The maximum atomic E-state index is 14.4. The van der Waals surface area contributed by atoms with Crippen molar-refractivity contribution in [3.8, 4) is 0 Å². The monoisotopic (exact) mass is 580 g/mol. The first-order valence-corrected chi connectivity index (χ1v) is 12.5. The van der Waals surface area contributed by atoms with Crippen molar-refractivity contribution in [2.45, 2.75) is 32.1 Å². The number of carbonyl (C=O) groups excluding carboxylic acids is 3. The lowest BCUT2D eigenvalue weighted by atomic mass is 10.1. The van der Waals surface area contributed by atoms with Gasteiger partial charge >= 0.3 is 0 Å². The van der Waals surface area contributed by atoms with Gasteiger partial charge in [0.2, 0.25) is 17.8 Å². The Bertz CT molecular complexity index is 1510. The summed E-state index contributed by atoms with van der Waals surface area (Å²) in [5, 5.41) is 6.38. The van der Waals surface area contributed by atoms with E-state index in [1.54, 1.807) is 29.2 Å². The van der Waals surface area contributed by atoms with E-state index in [0.717, 1.165) is 0 Å². The number of alkyl halides is 1. The van der Waals surface area contributed by atoms with Gasteiger partial charge < -0.3 is 14.8 Å². The predicted molar refractivity (Wildman–Crippen MR) is 141 cm³/mol. The van der Waals surface area contributed by atoms with Crippen LogP contribution in [0.4, 0.5) is 21.7 Å². The highest BCUT2D eigenvalue weighted by Crippen LogP contribution is 2.28. The van der Waals surface area contributed by atoms with Crippen LogP contribution in [0.3, 0.4) is 0 Å². The molecule has 0 unspecified atom stereocenters. The third-order valence-corrected chi connectivity index (χ3v) is 6.55. The number of nitrogens with one attached hydrogen (secondary N) is 2. The maximum absolute atomic E-state index is 14.4. The number of anilines is 3. The van der Waals surface area contributed by atoms with E-state index in [4.69, 9.17) is 0 Å². The van der Waals surface area contributed by atoms with Crippen LogP contribution in [0.25, 0.3) is 10.9 Å². The van der Waals surface area contributed by atoms with Crippen LogP contribution < -0.4 is 10.6 Å². The lowest BCUT2D eigenvalue weighted by molar-refractivity contribution is -0.137. The fourth-order valence-electron chi connectivity index (χ4n) is 4.43. The number of likely N-dealkylation sites (tertiary alicyclic amines) is 1. The summed E-state index contributed by atoms with van der Waals surface area (Å²) in [4.78, 5) is 55.8. The number of Topliss-reactive ketones (excluding diaryl/α,β-unsaturated/α-hetero) is 1. The summed E-state index contributed by atoms with van der Waals surface area (Å²) in [5.41, 5.74) is 2.48. The Morgan fingerprint density at radius 2 is 1.84 bits per heavy atom. The summed E-state index contributed by atoms with van der Waals surface area (Å²) in [6.07, 6.45) is 7.74. The van der Waals surface area contributed by atoms with Gasteiger partial charge in [-0.3, -0.25) is 19.7 Å². The van der Waals surface area contributed by atoms with E-state index in [2.05, 4.69) is 46.5 Å². The van der Waals surface area contributed by atoms with Crippen molar-refractivity contribution in [2.75, 3.05) is 17.2 Å². The molecule has 3 aromatic heterocycles. The highest BCUT2D eigenvalue weighted by atomic mass is 79.9. The maximum Gasteiger partial charge on any atom is 0.249 e. The van der Waals surface area contributed by atoms with Gasteiger partial charge in [0.25, 0.3) is 0 Å². The minimum Gasteiger partial charge on any atom is -0.353 e. The van der Waals surface area contributed by atoms with Gasteiger partial charge in [0, 0.05) is 47.2 Å². The summed E-state index contributed by atoms with van der Waals surface area (Å²) < 4.78 is 16.7. The van der Waals surface area contributed by atoms with Crippen molar-refractivity contribution >= 4 is 61.8 Å². The summed E-state index contributed by atoms with van der Waals surface area (Å²) in [5.74, 6) is -1.12. The third kappa shape index (κ3) is 5.37. The second-order valence-electron chi connectivity index (χ2n) is 8.82. The van der Waals surface area contributed by atoms with E-state index >= 15 is 0 Å². The number of halogens is 2. The topological polar surface area (TPSA) is 135 Å². The van der Waals surface area contributed by atoms with Crippen LogP contribution in [-0.2, 0) is 16.1 Å². The Morgan fingerprint density at radius 1 is 1.11 bits per heavy atom. The molecule has 1 aliphatic rings. The number of rotatable bonds is 7. The van der Waals surface area contributed by atoms with E-state index in [-0.39, 0.29) is 31.2 Å². The Morgan fingerprint density at radius 3 is 2.55 bits per heavy atom. The van der Waals surface area contributed by atoms with Gasteiger partial charge in [-0.05, 0) is 41.1 Å². The highest BCUT2D eigenvalue weighted by Gasteiger charge is 2.40. The zero-order valence-electron chi connectivity index (χ0n) is 20.1. The first-order valence-electron chi connectivity index (χ1n) is 11.7. The molecule has 5 rings (SSSR count). The molecule has 2 atom stereocenters. The number of fused-ring (bicyclic) bond motifs is 1. The van der Waals surface area contributed by atoms with Gasteiger partial charge in [0.05, 0.1) is 29.1 Å². The van der Waals surface area contributed by atoms with Crippen LogP contribution in [0.2, 0.25) is 0 Å². The van der Waals surface area contributed by atoms with E-state index in [0.29, 0.717) is 32.3 Å². The fourth-order valence-corrected chi connectivity index (χ4v) is 4.64. The lowest BCUT2D eigenvalue weighted by Gasteiger charge is -2.23. The van der Waals surface area contributed by atoms with E-state index in [1.165, 1.54) is 30.5 Å². The molecular weight excluding hydrogens is 559 g/mol. The van der Waals surface area contributed by atoms with Gasteiger partial charge in [0.1, 0.15) is 25.1 Å². The Hall–Kier alpha value is -4.26. The predicted octanol–water partition coefficient (Wildman–Crippen LogP) is 3.51. The van der Waals surface area contributed by atoms with E-state index in [1.807, 2.05) is 12.1 Å². The molecule has 1 saturated heterocycles. The molecule has 11 nitrogen and oxygen atoms in total. The average Bonchev–Trinajstić information content (AvgIpc) is 3.47. The van der Waals surface area contributed by atoms with Crippen LogP contribution in [0.5, 0.6) is 0 Å². The number of amides is 2. The zero-order chi connectivity index (χ0) is 26.8. The number of ketones is 1. The Kier molecular flexibility index (Phi) is 7.09. The summed E-state index contributed by atoms with van der Waals surface area (Å²) in [6, 6.07) is 4.39. The molecule has 1 fully saturated rings. The number of nitrogens with zero attached hydrogens (tertiary/aromatic N) is 6. The molecule has 1 aromatic carbocycles. The van der Waals surface area contributed by atoms with Crippen molar-refractivity contribution in [3.05, 3.63) is 65.5 Å². The lowest BCUT2D eigenvalue weighted by Crippen LogP contribution is -2.44. The van der Waals surface area contributed by atoms with Crippen molar-refractivity contribution in [1.82, 2.24) is 29.4 Å². The van der Waals surface area contributed by atoms with Gasteiger partial charge in [0.15, 0.2) is 5.78 Å². The smallest absolute Gasteiger partial charge is 0.249 e. The van der Waals surface area contributed by atoms with Gasteiger partial charge in [-0.25, -0.2) is 24.3 Å². The zero-order valence-corrected chi connectivity index (χ0v) is 21.7. The second-order valence-corrected chi connectivity index (χ2v) is 9.74. The molecule has 4 heterocycles. The fraction of sp³-hybridized carbons (Fsp3) is 0.240. The minimum absolute atomic E-state index is 0.0573. The molecule has 2 amide bonds. The largest absolute Gasteiger partial charge is 0.353 e. The number of benzene rings is 1. The summed E-state index contributed by atoms with van der Waals surface area (Å²) in [6.45, 7) is 1.07. The quantitative estimate of drug-likeness (QED) is 0.317. The number of aromatic nitrogens is 5. The molecule has 0 aliphatic carbocycles. The van der Waals surface area contributed by atoms with E-state index < -0.39 is 24.0 Å². The van der Waals surface area contributed by atoms with Gasteiger partial charge in [-0.1, -0.05) is 0 Å². The Labute approximate surface area is 224 Å². The first kappa shape index (κ1) is 25.4. The van der Waals surface area contributed by atoms with Crippen molar-refractivity contribution < 1.29 is 18.8 Å². The Balaban J connectivity index is 1.37. The van der Waals surface area contributed by atoms with Crippen LogP contribution in [0, 0.1) is 0 Å². The van der Waals surface area contributed by atoms with Crippen LogP contribution in [-0.4, -0.2) is 65.8 Å². The summed E-state index contributed by atoms with van der Waals surface area (Å²) >= 11 is 3.22.